The minimum Gasteiger partial charge on any atom is -0.478 e. The lowest BCUT2D eigenvalue weighted by Crippen LogP contribution is -2.27. The molecule has 7 heteroatoms. The number of halogens is 1. The molecule has 202 valence electrons. The number of carbonyl (C=O) groups excluding carboxylic acids is 1. The van der Waals surface area contributed by atoms with Crippen molar-refractivity contribution in [3.05, 3.63) is 137 Å². The van der Waals surface area contributed by atoms with Gasteiger partial charge in [0.2, 0.25) is 0 Å². The van der Waals surface area contributed by atoms with Crippen molar-refractivity contribution in [2.24, 2.45) is 0 Å². The van der Waals surface area contributed by atoms with E-state index in [4.69, 9.17) is 0 Å². The average Bonchev–Trinajstić information content (AvgIpc) is 3.39. The topological polar surface area (TPSA) is 84.2 Å². The zero-order chi connectivity index (χ0) is 28.5. The van der Waals surface area contributed by atoms with E-state index in [0.717, 1.165) is 27.3 Å². The highest BCUT2D eigenvalue weighted by atomic mass is 19.1. The third-order valence-electron chi connectivity index (χ3n) is 7.31. The maximum atomic E-state index is 14.8. The van der Waals surface area contributed by atoms with E-state index >= 15 is 0 Å². The number of nitrogens with zero attached hydrogens (tertiary/aromatic N) is 2. The number of amides is 1. The molecule has 0 unspecified atom stereocenters. The van der Waals surface area contributed by atoms with Gasteiger partial charge in [-0.15, -0.1) is 0 Å². The number of aromatic nitrogens is 2. The van der Waals surface area contributed by atoms with Crippen molar-refractivity contribution in [1.82, 2.24) is 15.1 Å². The Balaban J connectivity index is 1.41. The van der Waals surface area contributed by atoms with Crippen LogP contribution in [0.5, 0.6) is 0 Å². The summed E-state index contributed by atoms with van der Waals surface area (Å²) in [4.78, 5) is 25.1. The van der Waals surface area contributed by atoms with Crippen LogP contribution in [0.15, 0.2) is 109 Å². The summed E-state index contributed by atoms with van der Waals surface area (Å²) < 4.78 is 16.6. The summed E-state index contributed by atoms with van der Waals surface area (Å²) in [7, 11) is 0. The minimum atomic E-state index is -1.01. The number of carboxylic acid groups (broad SMARTS) is 1. The van der Waals surface area contributed by atoms with Crippen molar-refractivity contribution < 1.29 is 19.1 Å². The van der Waals surface area contributed by atoms with E-state index < -0.39 is 12.0 Å². The summed E-state index contributed by atoms with van der Waals surface area (Å²) in [5.74, 6) is -1.74. The third kappa shape index (κ3) is 5.17. The van der Waals surface area contributed by atoms with Crippen molar-refractivity contribution in [2.45, 2.75) is 19.5 Å². The second kappa shape index (κ2) is 10.7. The maximum Gasteiger partial charge on any atom is 0.335 e. The predicted molar refractivity (Wildman–Crippen MR) is 157 cm³/mol. The highest BCUT2D eigenvalue weighted by Crippen LogP contribution is 2.31. The zero-order valence-corrected chi connectivity index (χ0v) is 22.2. The van der Waals surface area contributed by atoms with Gasteiger partial charge in [0.15, 0.2) is 0 Å². The van der Waals surface area contributed by atoms with Gasteiger partial charge in [0.05, 0.1) is 35.4 Å². The van der Waals surface area contributed by atoms with Crippen molar-refractivity contribution >= 4 is 33.6 Å². The number of fused-ring (bicyclic) bond motifs is 2. The highest BCUT2D eigenvalue weighted by molar-refractivity contribution is 6.07. The second-order valence-electron chi connectivity index (χ2n) is 10.0. The summed E-state index contributed by atoms with van der Waals surface area (Å²) in [6.45, 7) is 2.28. The fraction of sp³-hybridized carbons (Fsp3) is 0.0882. The molecule has 0 saturated heterocycles. The Morgan fingerprint density at radius 2 is 1.61 bits per heavy atom. The van der Waals surface area contributed by atoms with Gasteiger partial charge in [0, 0.05) is 10.9 Å². The Bertz CT molecular complexity index is 1930. The Kier molecular flexibility index (Phi) is 6.77. The molecule has 1 heterocycles. The zero-order valence-electron chi connectivity index (χ0n) is 22.2. The van der Waals surface area contributed by atoms with E-state index in [1.54, 1.807) is 47.3 Å². The molecule has 6 nitrogen and oxygen atoms in total. The molecular weight excluding hydrogens is 517 g/mol. The van der Waals surface area contributed by atoms with Crippen LogP contribution < -0.4 is 5.32 Å². The lowest BCUT2D eigenvalue weighted by atomic mass is 9.99. The molecule has 6 aromatic rings. The van der Waals surface area contributed by atoms with E-state index in [-0.39, 0.29) is 17.3 Å². The van der Waals surface area contributed by atoms with Gasteiger partial charge in [-0.3, -0.25) is 9.48 Å². The Morgan fingerprint density at radius 1 is 0.878 bits per heavy atom. The molecule has 0 spiro atoms. The van der Waals surface area contributed by atoms with Crippen molar-refractivity contribution in [2.75, 3.05) is 0 Å². The molecule has 0 saturated carbocycles. The van der Waals surface area contributed by atoms with Gasteiger partial charge < -0.3 is 10.4 Å². The molecule has 0 fully saturated rings. The lowest BCUT2D eigenvalue weighted by molar-refractivity contribution is 0.0696. The van der Waals surface area contributed by atoms with E-state index in [9.17, 15) is 19.1 Å². The fourth-order valence-electron chi connectivity index (χ4n) is 5.16. The van der Waals surface area contributed by atoms with Gasteiger partial charge in [-0.2, -0.15) is 5.10 Å². The Labute approximate surface area is 235 Å². The molecule has 0 radical (unpaired) electrons. The van der Waals surface area contributed by atoms with Crippen molar-refractivity contribution in [3.8, 4) is 11.1 Å². The molecule has 5 aromatic carbocycles. The van der Waals surface area contributed by atoms with Crippen LogP contribution in [0.25, 0.3) is 32.8 Å². The molecule has 1 amide bonds. The molecule has 0 aliphatic carbocycles. The van der Waals surface area contributed by atoms with E-state index in [2.05, 4.69) is 34.7 Å². The van der Waals surface area contributed by atoms with Crippen molar-refractivity contribution in [3.63, 3.8) is 0 Å². The first-order valence-corrected chi connectivity index (χ1v) is 13.2. The molecule has 1 atom stereocenters. The molecule has 41 heavy (non-hydrogen) atoms. The Morgan fingerprint density at radius 3 is 2.37 bits per heavy atom. The van der Waals surface area contributed by atoms with Crippen LogP contribution in [0.3, 0.4) is 0 Å². The van der Waals surface area contributed by atoms with Crippen LogP contribution >= 0.6 is 0 Å². The first kappa shape index (κ1) is 26.0. The maximum absolute atomic E-state index is 14.8. The molecule has 6 rings (SSSR count). The molecule has 2 N–H and O–H groups in total. The van der Waals surface area contributed by atoms with E-state index in [0.29, 0.717) is 28.8 Å². The molecule has 0 aliphatic heterocycles. The minimum absolute atomic E-state index is 0.171. The number of hydrogen-bond donors (Lipinski definition) is 2. The molecule has 0 bridgehead atoms. The van der Waals surface area contributed by atoms with Gasteiger partial charge in [0.25, 0.3) is 5.91 Å². The first-order valence-electron chi connectivity index (χ1n) is 13.2. The third-order valence-corrected chi connectivity index (χ3v) is 7.31. The van der Waals surface area contributed by atoms with Crippen LogP contribution in [0, 0.1) is 5.82 Å². The Hall–Kier alpha value is -5.30. The largest absolute Gasteiger partial charge is 0.478 e. The van der Waals surface area contributed by atoms with Crippen LogP contribution in [-0.4, -0.2) is 26.8 Å². The predicted octanol–water partition coefficient (Wildman–Crippen LogP) is 7.23. The smallest absolute Gasteiger partial charge is 0.335 e. The van der Waals surface area contributed by atoms with Crippen LogP contribution in [-0.2, 0) is 6.54 Å². The summed E-state index contributed by atoms with van der Waals surface area (Å²) in [5, 5.41) is 19.8. The molecular formula is C34H26FN3O3. The number of carboxylic acids is 1. The normalized spacial score (nSPS) is 12.0. The second-order valence-corrected chi connectivity index (χ2v) is 10.0. The quantitative estimate of drug-likeness (QED) is 0.222. The number of hydrogen-bond acceptors (Lipinski definition) is 3. The molecule has 0 aliphatic rings. The van der Waals surface area contributed by atoms with Gasteiger partial charge >= 0.3 is 5.97 Å². The summed E-state index contributed by atoms with van der Waals surface area (Å²) in [6, 6.07) is 30.3. The van der Waals surface area contributed by atoms with Gasteiger partial charge in [-0.1, -0.05) is 66.7 Å². The SMILES string of the molecule is C[C@H](NC(=O)c1cc(-c2ccccc2F)cc2cnn(Cc3ccc4ccccc4c3)c12)c1ccc(C(=O)O)cc1. The average molecular weight is 544 g/mol. The highest BCUT2D eigenvalue weighted by Gasteiger charge is 2.20. The molecule has 1 aromatic heterocycles. The van der Waals surface area contributed by atoms with Gasteiger partial charge in [-0.05, 0) is 70.8 Å². The fourth-order valence-corrected chi connectivity index (χ4v) is 5.16. The number of benzene rings is 5. The summed E-state index contributed by atoms with van der Waals surface area (Å²) >= 11 is 0. The van der Waals surface area contributed by atoms with E-state index in [1.165, 1.54) is 18.2 Å². The first-order chi connectivity index (χ1) is 19.9. The van der Waals surface area contributed by atoms with Crippen molar-refractivity contribution in [1.29, 1.82) is 0 Å². The lowest BCUT2D eigenvalue weighted by Gasteiger charge is -2.17. The summed E-state index contributed by atoms with van der Waals surface area (Å²) in [6.07, 6.45) is 1.70. The van der Waals surface area contributed by atoms with Gasteiger partial charge in [0.1, 0.15) is 5.82 Å². The van der Waals surface area contributed by atoms with Crippen LogP contribution in [0.1, 0.15) is 44.8 Å². The standard InChI is InChI=1S/C34H26FN3O3/c1-21(23-12-14-25(15-13-23)34(40)41)37-33(39)30-18-27(29-8-4-5-9-31(29)35)17-28-19-36-38(32(28)30)20-22-10-11-24-6-2-3-7-26(24)16-22/h2-19,21H,20H2,1H3,(H,37,39)(H,40,41)/t21-/m0/s1. The van der Waals surface area contributed by atoms with Crippen LogP contribution in [0.2, 0.25) is 0 Å². The van der Waals surface area contributed by atoms with Crippen LogP contribution in [0.4, 0.5) is 4.39 Å². The monoisotopic (exact) mass is 543 g/mol. The number of rotatable bonds is 7. The summed E-state index contributed by atoms with van der Waals surface area (Å²) in [5.41, 5.74) is 3.94. The number of carbonyl (C=O) groups is 2. The number of aromatic carboxylic acids is 1. The van der Waals surface area contributed by atoms with Gasteiger partial charge in [-0.25, -0.2) is 9.18 Å². The number of nitrogens with one attached hydrogen (secondary N) is 1. The van der Waals surface area contributed by atoms with E-state index in [1.807, 2.05) is 31.2 Å².